The Kier molecular flexibility index (Phi) is 5.88. The van der Waals surface area contributed by atoms with Gasteiger partial charge in [0.05, 0.1) is 23.3 Å². The molecule has 0 unspecified atom stereocenters. The Morgan fingerprint density at radius 1 is 1.17 bits per heavy atom. The SMILES string of the molecule is Cc1nc2c(cc1-c1ncccn1)CC[C@@]1(CCN(C(=O)[C@H](C)c3cc(C(F)(F)F)ncc3F)C1)N2. The van der Waals surface area contributed by atoms with Gasteiger partial charge >= 0.3 is 6.18 Å². The molecule has 3 aromatic heterocycles. The number of aromatic nitrogens is 4. The van der Waals surface area contributed by atoms with Crippen molar-refractivity contribution >= 4 is 11.7 Å². The van der Waals surface area contributed by atoms with Gasteiger partial charge in [-0.05, 0) is 56.9 Å². The summed E-state index contributed by atoms with van der Waals surface area (Å²) in [4.78, 5) is 31.3. The second-order valence-electron chi connectivity index (χ2n) is 9.43. The van der Waals surface area contributed by atoms with E-state index < -0.39 is 35.1 Å². The molecule has 0 bridgehead atoms. The Balaban J connectivity index is 1.33. The van der Waals surface area contributed by atoms with Gasteiger partial charge in [0.15, 0.2) is 5.82 Å². The maximum atomic E-state index is 14.3. The first-order valence-corrected chi connectivity index (χ1v) is 11.6. The molecule has 3 aromatic rings. The van der Waals surface area contributed by atoms with E-state index in [4.69, 9.17) is 4.98 Å². The highest BCUT2D eigenvalue weighted by Crippen LogP contribution is 2.39. The predicted octanol–water partition coefficient (Wildman–Crippen LogP) is 4.53. The van der Waals surface area contributed by atoms with Crippen LogP contribution in [0.2, 0.25) is 0 Å². The average molecular weight is 501 g/mol. The maximum absolute atomic E-state index is 14.3. The average Bonchev–Trinajstić information content (AvgIpc) is 3.26. The highest BCUT2D eigenvalue weighted by molar-refractivity contribution is 5.84. The lowest BCUT2D eigenvalue weighted by Crippen LogP contribution is -2.46. The van der Waals surface area contributed by atoms with Gasteiger partial charge in [0.2, 0.25) is 5.91 Å². The number of anilines is 1. The third-order valence-corrected chi connectivity index (χ3v) is 7.03. The van der Waals surface area contributed by atoms with Crippen molar-refractivity contribution < 1.29 is 22.4 Å². The van der Waals surface area contributed by atoms with Crippen molar-refractivity contribution in [2.24, 2.45) is 0 Å². The molecule has 36 heavy (non-hydrogen) atoms. The van der Waals surface area contributed by atoms with E-state index in [1.54, 1.807) is 23.4 Å². The molecule has 1 fully saturated rings. The topological polar surface area (TPSA) is 83.9 Å². The summed E-state index contributed by atoms with van der Waals surface area (Å²) in [6.45, 7) is 4.09. The van der Waals surface area contributed by atoms with Gasteiger partial charge < -0.3 is 10.2 Å². The number of halogens is 4. The molecule has 0 saturated carbocycles. The lowest BCUT2D eigenvalue weighted by Gasteiger charge is -2.36. The van der Waals surface area contributed by atoms with E-state index in [1.165, 1.54) is 6.92 Å². The fourth-order valence-corrected chi connectivity index (χ4v) is 5.01. The van der Waals surface area contributed by atoms with Gasteiger partial charge in [0.1, 0.15) is 17.3 Å². The molecule has 2 atom stereocenters. The number of rotatable bonds is 3. The molecule has 0 aromatic carbocycles. The third kappa shape index (κ3) is 4.38. The molecule has 7 nitrogen and oxygen atoms in total. The summed E-state index contributed by atoms with van der Waals surface area (Å²) >= 11 is 0. The summed E-state index contributed by atoms with van der Waals surface area (Å²) in [6, 6.07) is 4.42. The number of carbonyl (C=O) groups is 1. The number of nitrogens with one attached hydrogen (secondary N) is 1. The number of alkyl halides is 3. The molecule has 11 heteroatoms. The van der Waals surface area contributed by atoms with E-state index >= 15 is 0 Å². The normalized spacial score (nSPS) is 20.2. The van der Waals surface area contributed by atoms with Gasteiger partial charge in [0.25, 0.3) is 0 Å². The van der Waals surface area contributed by atoms with Crippen molar-refractivity contribution in [3.63, 3.8) is 0 Å². The Hall–Kier alpha value is -3.63. The first-order chi connectivity index (χ1) is 17.1. The summed E-state index contributed by atoms with van der Waals surface area (Å²) in [7, 11) is 0. The third-order valence-electron chi connectivity index (χ3n) is 7.03. The van der Waals surface area contributed by atoms with E-state index in [-0.39, 0.29) is 5.56 Å². The van der Waals surface area contributed by atoms with Crippen molar-refractivity contribution in [2.75, 3.05) is 18.4 Å². The largest absolute Gasteiger partial charge is 0.433 e. The van der Waals surface area contributed by atoms with E-state index in [2.05, 4.69) is 20.3 Å². The first kappa shape index (κ1) is 24.1. The summed E-state index contributed by atoms with van der Waals surface area (Å²) in [5.74, 6) is -1.07. The van der Waals surface area contributed by atoms with Crippen molar-refractivity contribution in [1.82, 2.24) is 24.8 Å². The molecule has 1 spiro atoms. The van der Waals surface area contributed by atoms with Crippen LogP contribution in [0.5, 0.6) is 0 Å². The van der Waals surface area contributed by atoms with Crippen LogP contribution in [0.3, 0.4) is 0 Å². The first-order valence-electron chi connectivity index (χ1n) is 11.6. The molecule has 5 heterocycles. The monoisotopic (exact) mass is 500 g/mol. The standard InChI is InChI=1S/C25H24F4N6O/c1-14(17-11-20(25(27,28)29)32-12-19(17)26)23(36)35-9-6-24(13-35)5-4-16-10-18(15(2)33-21(16)34-24)22-30-7-3-8-31-22/h3,7-8,10-12,14H,4-6,9,13H2,1-2H3,(H,33,34)/t14-,24+/m1/s1. The molecular formula is C25H24F4N6O. The number of likely N-dealkylation sites (tertiary alicyclic amines) is 1. The molecule has 1 N–H and O–H groups in total. The van der Waals surface area contributed by atoms with E-state index in [9.17, 15) is 22.4 Å². The van der Waals surface area contributed by atoms with Gasteiger partial charge in [-0.2, -0.15) is 13.2 Å². The Morgan fingerprint density at radius 2 is 1.92 bits per heavy atom. The molecule has 188 valence electrons. The van der Waals surface area contributed by atoms with Crippen LogP contribution < -0.4 is 5.32 Å². The van der Waals surface area contributed by atoms with Crippen LogP contribution in [0.15, 0.2) is 36.8 Å². The fraction of sp³-hybridized carbons (Fsp3) is 0.400. The Bertz CT molecular complexity index is 1320. The van der Waals surface area contributed by atoms with Crippen molar-refractivity contribution in [3.8, 4) is 11.4 Å². The van der Waals surface area contributed by atoms with Crippen LogP contribution >= 0.6 is 0 Å². The highest BCUT2D eigenvalue weighted by atomic mass is 19.4. The molecule has 1 saturated heterocycles. The molecule has 0 aliphatic carbocycles. The minimum atomic E-state index is -4.72. The molecule has 0 radical (unpaired) electrons. The maximum Gasteiger partial charge on any atom is 0.433 e. The fourth-order valence-electron chi connectivity index (χ4n) is 5.01. The van der Waals surface area contributed by atoms with E-state index in [1.807, 2.05) is 13.0 Å². The Morgan fingerprint density at radius 3 is 2.64 bits per heavy atom. The van der Waals surface area contributed by atoms with Crippen LogP contribution in [0.1, 0.15) is 48.2 Å². The van der Waals surface area contributed by atoms with Gasteiger partial charge in [0, 0.05) is 36.6 Å². The van der Waals surface area contributed by atoms with E-state index in [0.29, 0.717) is 37.6 Å². The smallest absolute Gasteiger partial charge is 0.363 e. The molecular weight excluding hydrogens is 476 g/mol. The summed E-state index contributed by atoms with van der Waals surface area (Å²) in [5, 5.41) is 3.52. The van der Waals surface area contributed by atoms with Gasteiger partial charge in [-0.25, -0.2) is 24.3 Å². The quantitative estimate of drug-likeness (QED) is 0.532. The number of aryl methyl sites for hydroxylation is 2. The highest BCUT2D eigenvalue weighted by Gasteiger charge is 2.44. The zero-order valence-electron chi connectivity index (χ0n) is 19.7. The zero-order valence-corrected chi connectivity index (χ0v) is 19.7. The lowest BCUT2D eigenvalue weighted by atomic mass is 9.86. The number of hydrogen-bond donors (Lipinski definition) is 1. The number of amides is 1. The van der Waals surface area contributed by atoms with Crippen molar-refractivity contribution in [1.29, 1.82) is 0 Å². The number of pyridine rings is 2. The molecule has 2 aliphatic heterocycles. The predicted molar refractivity (Wildman–Crippen MR) is 123 cm³/mol. The number of nitrogens with zero attached hydrogens (tertiary/aromatic N) is 5. The second-order valence-corrected chi connectivity index (χ2v) is 9.43. The second kappa shape index (κ2) is 8.79. The van der Waals surface area contributed by atoms with Gasteiger partial charge in [-0.1, -0.05) is 0 Å². The van der Waals surface area contributed by atoms with Crippen LogP contribution in [0, 0.1) is 12.7 Å². The zero-order chi connectivity index (χ0) is 25.7. The minimum Gasteiger partial charge on any atom is -0.363 e. The van der Waals surface area contributed by atoms with Crippen LogP contribution in [0.4, 0.5) is 23.4 Å². The van der Waals surface area contributed by atoms with E-state index in [0.717, 1.165) is 35.5 Å². The van der Waals surface area contributed by atoms with Gasteiger partial charge in [-0.15, -0.1) is 0 Å². The molecule has 2 aliphatic rings. The van der Waals surface area contributed by atoms with Gasteiger partial charge in [-0.3, -0.25) is 4.79 Å². The summed E-state index contributed by atoms with van der Waals surface area (Å²) in [5.41, 5.74) is 0.743. The summed E-state index contributed by atoms with van der Waals surface area (Å²) in [6.07, 6.45) is 1.31. The number of fused-ring (bicyclic) bond motifs is 1. The van der Waals surface area contributed by atoms with Crippen LogP contribution in [0.25, 0.3) is 11.4 Å². The lowest BCUT2D eigenvalue weighted by molar-refractivity contribution is -0.141. The van der Waals surface area contributed by atoms with Crippen LogP contribution in [-0.4, -0.2) is 49.4 Å². The molecule has 1 amide bonds. The molecule has 5 rings (SSSR count). The van der Waals surface area contributed by atoms with Crippen LogP contribution in [-0.2, 0) is 17.4 Å². The number of carbonyl (C=O) groups excluding carboxylic acids is 1. The summed E-state index contributed by atoms with van der Waals surface area (Å²) < 4.78 is 53.6. The van der Waals surface area contributed by atoms with Crippen molar-refractivity contribution in [2.45, 2.75) is 50.7 Å². The van der Waals surface area contributed by atoms with Crippen molar-refractivity contribution in [3.05, 3.63) is 65.1 Å². The Labute approximate surface area is 205 Å². The minimum absolute atomic E-state index is 0.307. The number of hydrogen-bond acceptors (Lipinski definition) is 6.